The normalized spacial score (nSPS) is 9.76. The molecule has 9 heteroatoms. The Balaban J connectivity index is 1.66. The molecule has 0 saturated carbocycles. The summed E-state index contributed by atoms with van der Waals surface area (Å²) in [6, 6.07) is 11.6. The molecule has 1 aromatic heterocycles. The Bertz CT molecular complexity index is 743. The highest BCUT2D eigenvalue weighted by atomic mass is 16.3. The predicted octanol–water partition coefficient (Wildman–Crippen LogP) is -0.527. The first kappa shape index (κ1) is 17.7. The monoisotopic (exact) mass is 344 g/mol. The Morgan fingerprint density at radius 1 is 0.840 bits per heavy atom. The van der Waals surface area contributed by atoms with Gasteiger partial charge in [-0.2, -0.15) is 0 Å². The van der Waals surface area contributed by atoms with E-state index in [4.69, 9.17) is 4.42 Å². The molecular formula is C16H16N4O5. The zero-order chi connectivity index (χ0) is 18.1. The fourth-order valence-corrected chi connectivity index (χ4v) is 1.74. The minimum Gasteiger partial charge on any atom is -0.467 e. The molecule has 2 aromatic rings. The minimum atomic E-state index is -1.05. The van der Waals surface area contributed by atoms with Gasteiger partial charge >= 0.3 is 11.8 Å². The fourth-order valence-electron chi connectivity index (χ4n) is 1.74. The maximum Gasteiger partial charge on any atom is 0.327 e. The summed E-state index contributed by atoms with van der Waals surface area (Å²) in [6.45, 7) is -0.317. The molecule has 0 aliphatic rings. The lowest BCUT2D eigenvalue weighted by molar-refractivity contribution is -0.141. The number of benzene rings is 1. The first-order valence-corrected chi connectivity index (χ1v) is 7.29. The van der Waals surface area contributed by atoms with Crippen molar-refractivity contribution in [2.45, 2.75) is 6.54 Å². The van der Waals surface area contributed by atoms with Crippen LogP contribution in [0, 0.1) is 0 Å². The second-order valence-corrected chi connectivity index (χ2v) is 4.81. The molecule has 0 spiro atoms. The number of carbonyl (C=O) groups is 4. The third-order valence-electron chi connectivity index (χ3n) is 2.97. The SMILES string of the molecule is O=C(CNC(=O)c1ccccc1)NNC(=O)C(=O)NCc1ccco1. The van der Waals surface area contributed by atoms with Crippen molar-refractivity contribution in [1.82, 2.24) is 21.5 Å². The molecule has 0 radical (unpaired) electrons. The van der Waals surface area contributed by atoms with Gasteiger partial charge in [-0.15, -0.1) is 0 Å². The van der Waals surface area contributed by atoms with Crippen molar-refractivity contribution in [1.29, 1.82) is 0 Å². The van der Waals surface area contributed by atoms with Crippen LogP contribution in [-0.2, 0) is 20.9 Å². The average molecular weight is 344 g/mol. The van der Waals surface area contributed by atoms with Gasteiger partial charge in [-0.1, -0.05) is 18.2 Å². The number of amides is 4. The Morgan fingerprint density at radius 3 is 2.28 bits per heavy atom. The van der Waals surface area contributed by atoms with Gasteiger partial charge in [0.25, 0.3) is 11.8 Å². The number of furan rings is 1. The van der Waals surface area contributed by atoms with Crippen LogP contribution in [-0.4, -0.2) is 30.2 Å². The van der Waals surface area contributed by atoms with Crippen molar-refractivity contribution < 1.29 is 23.6 Å². The molecule has 0 atom stereocenters. The summed E-state index contributed by atoms with van der Waals surface area (Å²) in [5.41, 5.74) is 4.37. The topological polar surface area (TPSA) is 130 Å². The van der Waals surface area contributed by atoms with E-state index in [-0.39, 0.29) is 13.1 Å². The maximum absolute atomic E-state index is 11.7. The molecule has 0 aliphatic heterocycles. The summed E-state index contributed by atoms with van der Waals surface area (Å²) in [4.78, 5) is 46.3. The smallest absolute Gasteiger partial charge is 0.327 e. The highest BCUT2D eigenvalue weighted by Crippen LogP contribution is 1.98. The van der Waals surface area contributed by atoms with Crippen molar-refractivity contribution in [2.24, 2.45) is 0 Å². The van der Waals surface area contributed by atoms with Crippen LogP contribution >= 0.6 is 0 Å². The summed E-state index contributed by atoms with van der Waals surface area (Å²) in [7, 11) is 0. The van der Waals surface area contributed by atoms with Crippen molar-refractivity contribution in [3.05, 3.63) is 60.1 Å². The van der Waals surface area contributed by atoms with Crippen LogP contribution in [0.4, 0.5) is 0 Å². The van der Waals surface area contributed by atoms with Gasteiger partial charge in [0, 0.05) is 5.56 Å². The van der Waals surface area contributed by atoms with Crippen molar-refractivity contribution in [2.75, 3.05) is 6.54 Å². The standard InChI is InChI=1S/C16H16N4O5/c21-13(10-18-14(22)11-5-2-1-3-6-11)19-20-16(24)15(23)17-9-12-7-4-8-25-12/h1-8H,9-10H2,(H,17,23)(H,18,22)(H,19,21)(H,20,24). The van der Waals surface area contributed by atoms with Gasteiger partial charge in [0.2, 0.25) is 0 Å². The number of hydrogen-bond donors (Lipinski definition) is 4. The van der Waals surface area contributed by atoms with E-state index in [9.17, 15) is 19.2 Å². The van der Waals surface area contributed by atoms with Crippen LogP contribution in [0.5, 0.6) is 0 Å². The molecule has 25 heavy (non-hydrogen) atoms. The van der Waals surface area contributed by atoms with E-state index in [2.05, 4.69) is 10.6 Å². The van der Waals surface area contributed by atoms with Crippen LogP contribution in [0.15, 0.2) is 53.1 Å². The molecule has 4 N–H and O–H groups in total. The van der Waals surface area contributed by atoms with Crippen molar-refractivity contribution >= 4 is 23.6 Å². The molecule has 1 heterocycles. The Kier molecular flexibility index (Phi) is 6.29. The van der Waals surface area contributed by atoms with E-state index in [0.29, 0.717) is 11.3 Å². The highest BCUT2D eigenvalue weighted by Gasteiger charge is 2.14. The molecule has 2 rings (SSSR count). The molecule has 1 aromatic carbocycles. The summed E-state index contributed by atoms with van der Waals surface area (Å²) in [5, 5.41) is 4.69. The van der Waals surface area contributed by atoms with E-state index in [1.54, 1.807) is 42.5 Å². The highest BCUT2D eigenvalue weighted by molar-refractivity contribution is 6.35. The summed E-state index contributed by atoms with van der Waals surface area (Å²) in [5.74, 6) is -2.62. The molecule has 0 bridgehead atoms. The molecular weight excluding hydrogens is 328 g/mol. The average Bonchev–Trinajstić information content (AvgIpc) is 3.16. The number of carbonyl (C=O) groups excluding carboxylic acids is 4. The summed E-state index contributed by atoms with van der Waals surface area (Å²) < 4.78 is 5.00. The Labute approximate surface area is 142 Å². The number of rotatable bonds is 5. The van der Waals surface area contributed by atoms with Crippen molar-refractivity contribution in [3.63, 3.8) is 0 Å². The number of hydrazine groups is 1. The van der Waals surface area contributed by atoms with E-state index in [1.165, 1.54) is 6.26 Å². The first-order valence-electron chi connectivity index (χ1n) is 7.29. The number of nitrogens with one attached hydrogen (secondary N) is 4. The van der Waals surface area contributed by atoms with Crippen LogP contribution in [0.1, 0.15) is 16.1 Å². The Hall–Kier alpha value is -3.62. The van der Waals surface area contributed by atoms with Gasteiger partial charge < -0.3 is 15.1 Å². The van der Waals surface area contributed by atoms with Crippen LogP contribution < -0.4 is 21.5 Å². The van der Waals surface area contributed by atoms with Gasteiger partial charge in [0.15, 0.2) is 0 Å². The fraction of sp³-hybridized carbons (Fsp3) is 0.125. The molecule has 0 aliphatic carbocycles. The second-order valence-electron chi connectivity index (χ2n) is 4.81. The van der Waals surface area contributed by atoms with Crippen LogP contribution in [0.2, 0.25) is 0 Å². The third-order valence-corrected chi connectivity index (χ3v) is 2.97. The van der Waals surface area contributed by atoms with Crippen LogP contribution in [0.25, 0.3) is 0 Å². The second kappa shape index (κ2) is 8.87. The lowest BCUT2D eigenvalue weighted by Crippen LogP contribution is -2.50. The summed E-state index contributed by atoms with van der Waals surface area (Å²) in [6.07, 6.45) is 1.44. The lowest BCUT2D eigenvalue weighted by Gasteiger charge is -2.08. The lowest BCUT2D eigenvalue weighted by atomic mass is 10.2. The largest absolute Gasteiger partial charge is 0.467 e. The van der Waals surface area contributed by atoms with E-state index in [0.717, 1.165) is 0 Å². The van der Waals surface area contributed by atoms with Gasteiger partial charge in [-0.3, -0.25) is 30.0 Å². The van der Waals surface area contributed by atoms with Crippen molar-refractivity contribution in [3.8, 4) is 0 Å². The Morgan fingerprint density at radius 2 is 1.60 bits per heavy atom. The predicted molar refractivity (Wildman–Crippen MR) is 85.6 cm³/mol. The molecule has 0 unspecified atom stereocenters. The van der Waals surface area contributed by atoms with E-state index in [1.807, 2.05) is 10.9 Å². The number of hydrogen-bond acceptors (Lipinski definition) is 5. The van der Waals surface area contributed by atoms with E-state index < -0.39 is 23.6 Å². The zero-order valence-electron chi connectivity index (χ0n) is 13.1. The van der Waals surface area contributed by atoms with Gasteiger partial charge in [-0.25, -0.2) is 0 Å². The molecule has 130 valence electrons. The minimum absolute atomic E-state index is 0.0420. The third kappa shape index (κ3) is 5.82. The zero-order valence-corrected chi connectivity index (χ0v) is 13.1. The molecule has 9 nitrogen and oxygen atoms in total. The van der Waals surface area contributed by atoms with E-state index >= 15 is 0 Å². The molecule has 0 fully saturated rings. The maximum atomic E-state index is 11.7. The quantitative estimate of drug-likeness (QED) is 0.428. The summed E-state index contributed by atoms with van der Waals surface area (Å²) >= 11 is 0. The first-order chi connectivity index (χ1) is 12.1. The van der Waals surface area contributed by atoms with Crippen LogP contribution in [0.3, 0.4) is 0 Å². The molecule has 0 saturated heterocycles. The molecule has 4 amide bonds. The van der Waals surface area contributed by atoms with Gasteiger partial charge in [0.1, 0.15) is 5.76 Å². The van der Waals surface area contributed by atoms with Gasteiger partial charge in [-0.05, 0) is 24.3 Å². The van der Waals surface area contributed by atoms with Gasteiger partial charge in [0.05, 0.1) is 19.4 Å².